The molecule has 0 radical (unpaired) electrons. The van der Waals surface area contributed by atoms with Gasteiger partial charge in [-0.1, -0.05) is 37.5 Å². The van der Waals surface area contributed by atoms with E-state index in [1.165, 1.54) is 48.9 Å². The van der Waals surface area contributed by atoms with Crippen molar-refractivity contribution in [2.75, 3.05) is 50.8 Å². The number of ether oxygens (including phenoxy) is 1. The van der Waals surface area contributed by atoms with Gasteiger partial charge in [-0.25, -0.2) is 0 Å². The first-order valence-electron chi connectivity index (χ1n) is 10.4. The molecule has 1 aromatic carbocycles. The number of hydrogen-bond acceptors (Lipinski definition) is 4. The Kier molecular flexibility index (Phi) is 7.35. The summed E-state index contributed by atoms with van der Waals surface area (Å²) >= 11 is 0. The van der Waals surface area contributed by atoms with Crippen molar-refractivity contribution in [2.24, 2.45) is 5.92 Å². The standard InChI is InChI=1S/C22H36N2O2/c1-18-7-6-8-19(2)22(18)24-13-11-23(12-14-24)15-21(25)17-26-16-20-9-4-3-5-10-20/h6-8,20-21,25H,3-5,9-17H2,1-2H3. The molecule has 1 N–H and O–H groups in total. The van der Waals surface area contributed by atoms with Crippen LogP contribution in [0.4, 0.5) is 5.69 Å². The summed E-state index contributed by atoms with van der Waals surface area (Å²) in [5, 5.41) is 10.3. The Morgan fingerprint density at radius 3 is 2.35 bits per heavy atom. The van der Waals surface area contributed by atoms with E-state index < -0.39 is 0 Å². The monoisotopic (exact) mass is 360 g/mol. The first-order valence-corrected chi connectivity index (χ1v) is 10.4. The van der Waals surface area contributed by atoms with E-state index in [0.29, 0.717) is 6.61 Å². The topological polar surface area (TPSA) is 35.9 Å². The normalized spacial score (nSPS) is 21.1. The number of nitrogens with zero attached hydrogens (tertiary/aromatic N) is 2. The quantitative estimate of drug-likeness (QED) is 0.809. The Balaban J connectivity index is 1.37. The highest BCUT2D eigenvalue weighted by Gasteiger charge is 2.21. The van der Waals surface area contributed by atoms with E-state index in [4.69, 9.17) is 4.74 Å². The number of β-amino-alcohol motifs (C(OH)–C–C–N with tert-alkyl or cyclic N) is 1. The Morgan fingerprint density at radius 1 is 1.04 bits per heavy atom. The maximum Gasteiger partial charge on any atom is 0.0900 e. The average Bonchev–Trinajstić information content (AvgIpc) is 2.64. The molecule has 26 heavy (non-hydrogen) atoms. The van der Waals surface area contributed by atoms with Gasteiger partial charge in [-0.2, -0.15) is 0 Å². The molecule has 1 atom stereocenters. The van der Waals surface area contributed by atoms with E-state index in [1.54, 1.807) is 0 Å². The molecule has 1 unspecified atom stereocenters. The molecule has 0 bridgehead atoms. The Labute approximate surface area is 159 Å². The molecule has 1 aliphatic heterocycles. The second-order valence-corrected chi connectivity index (χ2v) is 8.22. The fourth-order valence-electron chi connectivity index (χ4n) is 4.53. The van der Waals surface area contributed by atoms with E-state index in [0.717, 1.165) is 45.2 Å². The third kappa shape index (κ3) is 5.45. The number of rotatable bonds is 7. The maximum absolute atomic E-state index is 10.3. The van der Waals surface area contributed by atoms with E-state index in [2.05, 4.69) is 41.8 Å². The van der Waals surface area contributed by atoms with Crippen LogP contribution in [0.2, 0.25) is 0 Å². The van der Waals surface area contributed by atoms with Crippen molar-refractivity contribution >= 4 is 5.69 Å². The van der Waals surface area contributed by atoms with Crippen LogP contribution < -0.4 is 4.90 Å². The minimum atomic E-state index is -0.370. The van der Waals surface area contributed by atoms with Gasteiger partial charge in [0, 0.05) is 45.0 Å². The molecule has 0 aromatic heterocycles. The van der Waals surface area contributed by atoms with Crippen molar-refractivity contribution in [3.05, 3.63) is 29.3 Å². The molecular weight excluding hydrogens is 324 g/mol. The molecule has 1 heterocycles. The zero-order chi connectivity index (χ0) is 18.4. The van der Waals surface area contributed by atoms with Crippen LogP contribution in [-0.4, -0.2) is 62.0 Å². The highest BCUT2D eigenvalue weighted by molar-refractivity contribution is 5.59. The molecule has 1 aliphatic carbocycles. The number of aryl methyl sites for hydroxylation is 2. The summed E-state index contributed by atoms with van der Waals surface area (Å²) in [5.41, 5.74) is 4.10. The van der Waals surface area contributed by atoms with Gasteiger partial charge in [0.2, 0.25) is 0 Å². The number of hydrogen-bond donors (Lipinski definition) is 1. The van der Waals surface area contributed by atoms with Crippen LogP contribution in [0, 0.1) is 19.8 Å². The third-order valence-corrected chi connectivity index (χ3v) is 5.99. The summed E-state index contributed by atoms with van der Waals surface area (Å²) in [7, 11) is 0. The van der Waals surface area contributed by atoms with Gasteiger partial charge in [0.05, 0.1) is 12.7 Å². The summed E-state index contributed by atoms with van der Waals surface area (Å²) in [4.78, 5) is 4.87. The van der Waals surface area contributed by atoms with Crippen LogP contribution in [-0.2, 0) is 4.74 Å². The SMILES string of the molecule is Cc1cccc(C)c1N1CCN(CC(O)COCC2CCCCC2)CC1. The first-order chi connectivity index (χ1) is 12.6. The van der Waals surface area contributed by atoms with E-state index >= 15 is 0 Å². The summed E-state index contributed by atoms with van der Waals surface area (Å²) < 4.78 is 5.81. The molecule has 146 valence electrons. The van der Waals surface area contributed by atoms with Gasteiger partial charge in [0.25, 0.3) is 0 Å². The smallest absolute Gasteiger partial charge is 0.0900 e. The summed E-state index contributed by atoms with van der Waals surface area (Å²) in [6, 6.07) is 6.53. The fraction of sp³-hybridized carbons (Fsp3) is 0.727. The van der Waals surface area contributed by atoms with Crippen LogP contribution in [0.3, 0.4) is 0 Å². The molecule has 3 rings (SSSR count). The van der Waals surface area contributed by atoms with Crippen LogP contribution in [0.25, 0.3) is 0 Å². The fourth-order valence-corrected chi connectivity index (χ4v) is 4.53. The van der Waals surface area contributed by atoms with Crippen LogP contribution >= 0.6 is 0 Å². The lowest BCUT2D eigenvalue weighted by Gasteiger charge is -2.38. The van der Waals surface area contributed by atoms with E-state index in [-0.39, 0.29) is 6.10 Å². The van der Waals surface area contributed by atoms with Crippen molar-refractivity contribution in [2.45, 2.75) is 52.1 Å². The maximum atomic E-state index is 10.3. The van der Waals surface area contributed by atoms with Crippen LogP contribution in [0.5, 0.6) is 0 Å². The lowest BCUT2D eigenvalue weighted by Crippen LogP contribution is -2.49. The zero-order valence-corrected chi connectivity index (χ0v) is 16.6. The molecule has 2 fully saturated rings. The minimum absolute atomic E-state index is 0.370. The number of aliphatic hydroxyl groups excluding tert-OH is 1. The molecule has 0 spiro atoms. The average molecular weight is 361 g/mol. The van der Waals surface area contributed by atoms with Crippen molar-refractivity contribution in [3.63, 3.8) is 0 Å². The number of para-hydroxylation sites is 1. The summed E-state index contributed by atoms with van der Waals surface area (Å²) in [6.45, 7) is 10.5. The third-order valence-electron chi connectivity index (χ3n) is 5.99. The second-order valence-electron chi connectivity index (χ2n) is 8.22. The van der Waals surface area contributed by atoms with Crippen molar-refractivity contribution in [1.29, 1.82) is 0 Å². The molecule has 2 aliphatic rings. The molecule has 1 aromatic rings. The summed E-state index contributed by atoms with van der Waals surface area (Å²) in [6.07, 6.45) is 6.31. The number of anilines is 1. The second kappa shape index (κ2) is 9.72. The predicted octanol–water partition coefficient (Wildman–Crippen LogP) is 3.38. The molecule has 4 heteroatoms. The number of aliphatic hydroxyl groups is 1. The molecule has 1 saturated carbocycles. The number of benzene rings is 1. The highest BCUT2D eigenvalue weighted by atomic mass is 16.5. The highest BCUT2D eigenvalue weighted by Crippen LogP contribution is 2.26. The van der Waals surface area contributed by atoms with E-state index in [9.17, 15) is 5.11 Å². The Morgan fingerprint density at radius 2 is 1.69 bits per heavy atom. The molecular formula is C22H36N2O2. The van der Waals surface area contributed by atoms with Crippen molar-refractivity contribution in [3.8, 4) is 0 Å². The first kappa shape index (κ1) is 19.7. The Hall–Kier alpha value is -1.10. The lowest BCUT2D eigenvalue weighted by atomic mass is 9.90. The van der Waals surface area contributed by atoms with Gasteiger partial charge in [-0.15, -0.1) is 0 Å². The Bertz CT molecular complexity index is 529. The van der Waals surface area contributed by atoms with Gasteiger partial charge in [-0.3, -0.25) is 4.90 Å². The minimum Gasteiger partial charge on any atom is -0.389 e. The van der Waals surface area contributed by atoms with Crippen LogP contribution in [0.1, 0.15) is 43.2 Å². The van der Waals surface area contributed by atoms with Gasteiger partial charge in [0.15, 0.2) is 0 Å². The summed E-state index contributed by atoms with van der Waals surface area (Å²) in [5.74, 6) is 0.719. The zero-order valence-electron chi connectivity index (χ0n) is 16.6. The van der Waals surface area contributed by atoms with Crippen molar-refractivity contribution < 1.29 is 9.84 Å². The van der Waals surface area contributed by atoms with Gasteiger partial charge in [-0.05, 0) is 43.7 Å². The lowest BCUT2D eigenvalue weighted by molar-refractivity contribution is -0.000291. The largest absolute Gasteiger partial charge is 0.389 e. The molecule has 0 amide bonds. The molecule has 1 saturated heterocycles. The van der Waals surface area contributed by atoms with E-state index in [1.807, 2.05) is 0 Å². The van der Waals surface area contributed by atoms with Gasteiger partial charge in [0.1, 0.15) is 0 Å². The van der Waals surface area contributed by atoms with Crippen LogP contribution in [0.15, 0.2) is 18.2 Å². The van der Waals surface area contributed by atoms with Gasteiger partial charge >= 0.3 is 0 Å². The predicted molar refractivity (Wildman–Crippen MR) is 108 cm³/mol. The number of piperazine rings is 1. The molecule has 4 nitrogen and oxygen atoms in total. The van der Waals surface area contributed by atoms with Crippen molar-refractivity contribution in [1.82, 2.24) is 4.90 Å². The van der Waals surface area contributed by atoms with Gasteiger partial charge < -0.3 is 14.7 Å².